The van der Waals surface area contributed by atoms with Crippen molar-refractivity contribution in [3.05, 3.63) is 29.3 Å². The Kier molecular flexibility index (Phi) is 7.33. The van der Waals surface area contributed by atoms with Crippen molar-refractivity contribution in [2.24, 2.45) is 11.8 Å². The van der Waals surface area contributed by atoms with Crippen LogP contribution in [0.1, 0.15) is 54.4 Å². The van der Waals surface area contributed by atoms with E-state index in [2.05, 4.69) is 0 Å². The smallest absolute Gasteiger partial charge is 0.313 e. The lowest BCUT2D eigenvalue weighted by Gasteiger charge is -2.28. The van der Waals surface area contributed by atoms with Crippen LogP contribution >= 0.6 is 11.8 Å². The van der Waals surface area contributed by atoms with Crippen LogP contribution < -0.4 is 0 Å². The molecule has 1 aromatic rings. The number of hydrogen-bond acceptors (Lipinski definition) is 6. The number of benzene rings is 1. The van der Waals surface area contributed by atoms with E-state index in [9.17, 15) is 9.59 Å². The van der Waals surface area contributed by atoms with Crippen molar-refractivity contribution in [3.63, 3.8) is 0 Å². The third kappa shape index (κ3) is 4.92. The molecule has 3 unspecified atom stereocenters. The van der Waals surface area contributed by atoms with E-state index in [4.69, 9.17) is 14.6 Å². The topological polar surface area (TPSA) is 72.8 Å². The number of esters is 1. The second-order valence-corrected chi connectivity index (χ2v) is 8.37. The quantitative estimate of drug-likeness (QED) is 0.566. The molecule has 0 bridgehead atoms. The minimum Gasteiger partial charge on any atom is -0.463 e. The van der Waals surface area contributed by atoms with E-state index >= 15 is 0 Å². The van der Waals surface area contributed by atoms with Crippen LogP contribution in [0.2, 0.25) is 0 Å². The molecule has 0 aromatic heterocycles. The van der Waals surface area contributed by atoms with Crippen LogP contribution in [0.5, 0.6) is 0 Å². The second-order valence-electron chi connectivity index (χ2n) is 7.31. The van der Waals surface area contributed by atoms with E-state index in [0.29, 0.717) is 5.92 Å². The number of carbonyl (C=O) groups excluding carboxylic acids is 2. The normalized spacial score (nSPS) is 23.1. The molecule has 3 rings (SSSR count). The molecule has 5 nitrogen and oxygen atoms in total. The average molecular weight is 393 g/mol. The number of hydrogen-bond donors (Lipinski definition) is 1. The first-order valence-electron chi connectivity index (χ1n) is 9.78. The Morgan fingerprint density at radius 1 is 1.26 bits per heavy atom. The van der Waals surface area contributed by atoms with Crippen LogP contribution in [0.15, 0.2) is 23.1 Å². The lowest BCUT2D eigenvalue weighted by Crippen LogP contribution is -2.27. The van der Waals surface area contributed by atoms with E-state index in [0.717, 1.165) is 41.0 Å². The highest BCUT2D eigenvalue weighted by molar-refractivity contribution is 7.99. The number of aliphatic hydroxyl groups excluding tert-OH is 1. The lowest BCUT2D eigenvalue weighted by atomic mass is 9.76. The Balaban J connectivity index is 1.66. The average Bonchev–Trinajstić information content (AvgIpc) is 2.84. The summed E-state index contributed by atoms with van der Waals surface area (Å²) in [6, 6.07) is 5.77. The number of Topliss-reactive ketones (excluding diaryl/α,β-unsaturated/α-hetero) is 1. The third-order valence-electron chi connectivity index (χ3n) is 5.53. The van der Waals surface area contributed by atoms with Gasteiger partial charge in [-0.3, -0.25) is 9.59 Å². The standard InChI is InChI=1S/C21H28O5S/c1-14(21(24)26-11-10-25-9-8-22)15-6-7-18-19(12-15)27-13-16-4-2-3-5-17(16)20(18)23/h6-7,12,14,16-17,22H,2-5,8-11,13H2,1H3. The second kappa shape index (κ2) is 9.71. The van der Waals surface area contributed by atoms with Gasteiger partial charge >= 0.3 is 5.97 Å². The van der Waals surface area contributed by atoms with Gasteiger partial charge in [-0.15, -0.1) is 11.8 Å². The fourth-order valence-corrected chi connectivity index (χ4v) is 5.25. The summed E-state index contributed by atoms with van der Waals surface area (Å²) in [7, 11) is 0. The van der Waals surface area contributed by atoms with E-state index in [1.807, 2.05) is 25.1 Å². The van der Waals surface area contributed by atoms with Gasteiger partial charge in [0.1, 0.15) is 6.61 Å². The molecule has 2 aliphatic rings. The van der Waals surface area contributed by atoms with E-state index in [1.165, 1.54) is 6.42 Å². The predicted octanol–water partition coefficient (Wildman–Crippen LogP) is 3.44. The van der Waals surface area contributed by atoms with Crippen molar-refractivity contribution < 1.29 is 24.2 Å². The Hall–Kier alpha value is -1.37. The van der Waals surface area contributed by atoms with Gasteiger partial charge in [-0.2, -0.15) is 0 Å². The highest BCUT2D eigenvalue weighted by atomic mass is 32.2. The molecular formula is C21H28O5S. The van der Waals surface area contributed by atoms with Crippen LogP contribution in [0, 0.1) is 11.8 Å². The Morgan fingerprint density at radius 2 is 2.07 bits per heavy atom. The maximum absolute atomic E-state index is 13.0. The minimum atomic E-state index is -0.394. The van der Waals surface area contributed by atoms with Crippen molar-refractivity contribution in [2.75, 3.05) is 32.2 Å². The number of ether oxygens (including phenoxy) is 2. The summed E-state index contributed by atoms with van der Waals surface area (Å²) in [5.41, 5.74) is 1.69. The van der Waals surface area contributed by atoms with Gasteiger partial charge in [-0.25, -0.2) is 0 Å². The van der Waals surface area contributed by atoms with Gasteiger partial charge in [0.15, 0.2) is 5.78 Å². The van der Waals surface area contributed by atoms with Crippen LogP contribution in [0.3, 0.4) is 0 Å². The number of carbonyl (C=O) groups is 2. The molecule has 6 heteroatoms. The molecule has 1 aliphatic heterocycles. The number of rotatable bonds is 7. The maximum Gasteiger partial charge on any atom is 0.313 e. The molecule has 148 valence electrons. The highest BCUT2D eigenvalue weighted by Crippen LogP contribution is 2.42. The first-order valence-corrected chi connectivity index (χ1v) is 10.8. The van der Waals surface area contributed by atoms with Crippen molar-refractivity contribution in [1.29, 1.82) is 0 Å². The first-order chi connectivity index (χ1) is 13.1. The molecule has 0 spiro atoms. The third-order valence-corrected chi connectivity index (χ3v) is 6.77. The molecule has 27 heavy (non-hydrogen) atoms. The van der Waals surface area contributed by atoms with E-state index in [1.54, 1.807) is 11.8 Å². The summed E-state index contributed by atoms with van der Waals surface area (Å²) in [6.45, 7) is 2.46. The zero-order valence-corrected chi connectivity index (χ0v) is 16.6. The van der Waals surface area contributed by atoms with Crippen LogP contribution in [-0.4, -0.2) is 49.0 Å². The summed E-state index contributed by atoms with van der Waals surface area (Å²) < 4.78 is 10.3. The number of thioether (sulfide) groups is 1. The van der Waals surface area contributed by atoms with Gasteiger partial charge in [0, 0.05) is 22.1 Å². The molecule has 1 N–H and O–H groups in total. The molecule has 1 saturated carbocycles. The van der Waals surface area contributed by atoms with Crippen molar-refractivity contribution in [2.45, 2.75) is 43.4 Å². The zero-order valence-electron chi connectivity index (χ0n) is 15.8. The summed E-state index contributed by atoms with van der Waals surface area (Å²) in [6.07, 6.45) is 4.52. The van der Waals surface area contributed by atoms with Gasteiger partial charge in [0.05, 0.1) is 25.7 Å². The highest BCUT2D eigenvalue weighted by Gasteiger charge is 2.35. The van der Waals surface area contributed by atoms with Crippen molar-refractivity contribution in [1.82, 2.24) is 0 Å². The van der Waals surface area contributed by atoms with E-state index < -0.39 is 5.92 Å². The van der Waals surface area contributed by atoms with Gasteiger partial charge in [-0.05, 0) is 43.4 Å². The molecule has 0 radical (unpaired) electrons. The largest absolute Gasteiger partial charge is 0.463 e. The first kappa shape index (κ1) is 20.4. The number of aliphatic hydroxyl groups is 1. The van der Waals surface area contributed by atoms with Gasteiger partial charge < -0.3 is 14.6 Å². The summed E-state index contributed by atoms with van der Waals surface area (Å²) in [5.74, 6) is 1.21. The lowest BCUT2D eigenvalue weighted by molar-refractivity contribution is -0.146. The maximum atomic E-state index is 13.0. The fraction of sp³-hybridized carbons (Fsp3) is 0.619. The molecular weight excluding hydrogens is 364 g/mol. The van der Waals surface area contributed by atoms with Crippen LogP contribution in [0.25, 0.3) is 0 Å². The Labute approximate surface area is 164 Å². The Bertz CT molecular complexity index is 675. The van der Waals surface area contributed by atoms with Crippen molar-refractivity contribution >= 4 is 23.5 Å². The number of fused-ring (bicyclic) bond motifs is 2. The molecule has 1 aromatic carbocycles. The molecule has 3 atom stereocenters. The molecule has 0 amide bonds. The zero-order chi connectivity index (χ0) is 19.2. The summed E-state index contributed by atoms with van der Waals surface area (Å²) in [4.78, 5) is 26.3. The van der Waals surface area contributed by atoms with Gasteiger partial charge in [0.2, 0.25) is 0 Å². The monoisotopic (exact) mass is 392 g/mol. The van der Waals surface area contributed by atoms with Crippen LogP contribution in [0.4, 0.5) is 0 Å². The molecule has 1 fully saturated rings. The summed E-state index contributed by atoms with van der Waals surface area (Å²) in [5, 5.41) is 8.66. The van der Waals surface area contributed by atoms with Gasteiger partial charge in [-0.1, -0.05) is 18.9 Å². The molecule has 1 aliphatic carbocycles. The number of ketones is 1. The SMILES string of the molecule is CC(C(=O)OCCOCCO)c1ccc2c(c1)SCC1CCCCC1C2=O. The fourth-order valence-electron chi connectivity index (χ4n) is 3.91. The summed E-state index contributed by atoms with van der Waals surface area (Å²) >= 11 is 1.75. The minimum absolute atomic E-state index is 0.0441. The predicted molar refractivity (Wildman–Crippen MR) is 104 cm³/mol. The van der Waals surface area contributed by atoms with Crippen molar-refractivity contribution in [3.8, 4) is 0 Å². The van der Waals surface area contributed by atoms with E-state index in [-0.39, 0.29) is 44.1 Å². The molecule has 1 heterocycles. The van der Waals surface area contributed by atoms with Gasteiger partial charge in [0.25, 0.3) is 0 Å². The molecule has 0 saturated heterocycles. The Morgan fingerprint density at radius 3 is 2.89 bits per heavy atom. The van der Waals surface area contributed by atoms with Crippen LogP contribution in [-0.2, 0) is 14.3 Å².